The first-order chi connectivity index (χ1) is 17.8. The summed E-state index contributed by atoms with van der Waals surface area (Å²) in [5.74, 6) is -1.70. The van der Waals surface area contributed by atoms with Crippen LogP contribution in [0.2, 0.25) is 0 Å². The summed E-state index contributed by atoms with van der Waals surface area (Å²) in [7, 11) is 0. The monoisotopic (exact) mass is 501 g/mol. The van der Waals surface area contributed by atoms with E-state index in [1.807, 2.05) is 0 Å². The van der Waals surface area contributed by atoms with Crippen LogP contribution in [-0.4, -0.2) is 47.3 Å². The average Bonchev–Trinajstić information content (AvgIpc) is 3.15. The molecule has 0 bridgehead atoms. The minimum Gasteiger partial charge on any atom is -0.434 e. The van der Waals surface area contributed by atoms with Gasteiger partial charge in [0.05, 0.1) is 17.7 Å². The van der Waals surface area contributed by atoms with Gasteiger partial charge in [0.1, 0.15) is 11.8 Å². The maximum Gasteiger partial charge on any atom is 0.513 e. The van der Waals surface area contributed by atoms with Crippen LogP contribution in [0, 0.1) is 0 Å². The Morgan fingerprint density at radius 3 is 1.89 bits per heavy atom. The van der Waals surface area contributed by atoms with Crippen molar-refractivity contribution in [1.82, 2.24) is 4.90 Å². The van der Waals surface area contributed by atoms with Gasteiger partial charge in [0, 0.05) is 16.9 Å². The Morgan fingerprint density at radius 1 is 0.811 bits per heavy atom. The van der Waals surface area contributed by atoms with E-state index in [0.29, 0.717) is 16.9 Å². The predicted octanol–water partition coefficient (Wildman–Crippen LogP) is 4.10. The number of anilines is 2. The summed E-state index contributed by atoms with van der Waals surface area (Å²) in [6, 6.07) is 17.7. The molecule has 4 amide bonds. The molecule has 1 atom stereocenters. The van der Waals surface area contributed by atoms with Crippen molar-refractivity contribution >= 4 is 41.2 Å². The zero-order chi connectivity index (χ0) is 26.5. The van der Waals surface area contributed by atoms with Gasteiger partial charge in [-0.25, -0.2) is 4.79 Å². The number of carbonyl (C=O) groups is 5. The lowest BCUT2D eigenvalue weighted by Gasteiger charge is -2.21. The molecule has 0 spiro atoms. The minimum atomic E-state index is -1.03. The smallest absolute Gasteiger partial charge is 0.434 e. The highest BCUT2D eigenvalue weighted by Crippen LogP contribution is 2.25. The predicted molar refractivity (Wildman–Crippen MR) is 134 cm³/mol. The van der Waals surface area contributed by atoms with Crippen LogP contribution in [0.15, 0.2) is 72.8 Å². The molecule has 1 aliphatic rings. The van der Waals surface area contributed by atoms with Crippen molar-refractivity contribution in [2.24, 2.45) is 0 Å². The molecule has 37 heavy (non-hydrogen) atoms. The van der Waals surface area contributed by atoms with Crippen molar-refractivity contribution in [2.75, 3.05) is 17.2 Å². The van der Waals surface area contributed by atoms with Gasteiger partial charge in [0.25, 0.3) is 17.7 Å². The maximum absolute atomic E-state index is 12.8. The summed E-state index contributed by atoms with van der Waals surface area (Å²) >= 11 is 0. The van der Waals surface area contributed by atoms with E-state index in [1.165, 1.54) is 31.2 Å². The van der Waals surface area contributed by atoms with Gasteiger partial charge in [-0.05, 0) is 74.5 Å². The van der Waals surface area contributed by atoms with Crippen molar-refractivity contribution < 1.29 is 33.4 Å². The number of imide groups is 1. The first-order valence-corrected chi connectivity index (χ1v) is 11.4. The first kappa shape index (κ1) is 25.1. The molecule has 2 N–H and O–H groups in total. The van der Waals surface area contributed by atoms with Crippen molar-refractivity contribution in [3.8, 4) is 5.75 Å². The molecular formula is C27H23N3O7. The molecule has 1 unspecified atom stereocenters. The van der Waals surface area contributed by atoms with Gasteiger partial charge >= 0.3 is 6.16 Å². The Labute approximate surface area is 212 Å². The second kappa shape index (κ2) is 10.7. The van der Waals surface area contributed by atoms with Gasteiger partial charge < -0.3 is 20.1 Å². The average molecular weight is 501 g/mol. The number of nitrogens with zero attached hydrogens (tertiary/aromatic N) is 1. The second-order valence-corrected chi connectivity index (χ2v) is 8.03. The molecule has 0 radical (unpaired) electrons. The fourth-order valence-electron chi connectivity index (χ4n) is 3.68. The number of carbonyl (C=O) groups excluding carboxylic acids is 5. The molecule has 1 heterocycles. The highest BCUT2D eigenvalue weighted by atomic mass is 16.7. The lowest BCUT2D eigenvalue weighted by Crippen LogP contribution is -2.45. The third-order valence-corrected chi connectivity index (χ3v) is 5.58. The Morgan fingerprint density at radius 2 is 1.35 bits per heavy atom. The highest BCUT2D eigenvalue weighted by Gasteiger charge is 2.40. The number of ether oxygens (including phenoxy) is 2. The fourth-order valence-corrected chi connectivity index (χ4v) is 3.68. The summed E-state index contributed by atoms with van der Waals surface area (Å²) in [4.78, 5) is 62.8. The van der Waals surface area contributed by atoms with Crippen LogP contribution in [0.25, 0.3) is 0 Å². The van der Waals surface area contributed by atoms with Crippen LogP contribution >= 0.6 is 0 Å². The van der Waals surface area contributed by atoms with Gasteiger partial charge in [0.2, 0.25) is 5.91 Å². The lowest BCUT2D eigenvalue weighted by atomic mass is 10.1. The number of amides is 4. The normalized spacial score (nSPS) is 13.0. The number of hydrogen-bond acceptors (Lipinski definition) is 7. The number of rotatable bonds is 7. The van der Waals surface area contributed by atoms with E-state index in [9.17, 15) is 24.0 Å². The van der Waals surface area contributed by atoms with Crippen LogP contribution in [-0.2, 0) is 9.53 Å². The van der Waals surface area contributed by atoms with Gasteiger partial charge in [0.15, 0.2) is 0 Å². The van der Waals surface area contributed by atoms with Crippen LogP contribution in [0.4, 0.5) is 16.2 Å². The number of nitrogens with one attached hydrogen (secondary N) is 2. The summed E-state index contributed by atoms with van der Waals surface area (Å²) in [5.41, 5.74) is 1.78. The second-order valence-electron chi connectivity index (χ2n) is 8.03. The topological polar surface area (TPSA) is 131 Å². The standard InChI is InChI=1S/C27H23N3O7/c1-3-36-27(35)37-20-14-8-17(9-15-20)24(32)29-19-12-10-18(11-13-19)28-23(31)16(2)30-25(33)21-6-4-5-7-22(21)26(30)34/h4-16H,3H2,1-2H3,(H,28,31)(H,29,32). The summed E-state index contributed by atoms with van der Waals surface area (Å²) in [6.07, 6.45) is -0.829. The quantitative estimate of drug-likeness (QED) is 0.283. The molecule has 0 saturated heterocycles. The molecule has 4 rings (SSSR count). The Balaban J connectivity index is 1.33. The van der Waals surface area contributed by atoms with E-state index >= 15 is 0 Å². The summed E-state index contributed by atoms with van der Waals surface area (Å²) in [5, 5.41) is 5.41. The van der Waals surface area contributed by atoms with Gasteiger partial charge in [-0.15, -0.1) is 0 Å². The molecule has 0 aliphatic carbocycles. The molecule has 1 aliphatic heterocycles. The van der Waals surface area contributed by atoms with E-state index in [1.54, 1.807) is 55.5 Å². The van der Waals surface area contributed by atoms with Crippen molar-refractivity contribution in [3.05, 3.63) is 89.5 Å². The molecule has 0 aromatic heterocycles. The molecule has 0 saturated carbocycles. The minimum absolute atomic E-state index is 0.188. The number of fused-ring (bicyclic) bond motifs is 1. The molecular weight excluding hydrogens is 478 g/mol. The van der Waals surface area contributed by atoms with Crippen molar-refractivity contribution in [3.63, 3.8) is 0 Å². The Hall–Kier alpha value is -4.99. The van der Waals surface area contributed by atoms with E-state index in [-0.39, 0.29) is 23.5 Å². The van der Waals surface area contributed by atoms with Crippen LogP contribution < -0.4 is 15.4 Å². The summed E-state index contributed by atoms with van der Waals surface area (Å²) in [6.45, 7) is 3.33. The zero-order valence-corrected chi connectivity index (χ0v) is 20.0. The molecule has 10 heteroatoms. The van der Waals surface area contributed by atoms with E-state index in [4.69, 9.17) is 9.47 Å². The van der Waals surface area contributed by atoms with E-state index in [0.717, 1.165) is 4.90 Å². The third-order valence-electron chi connectivity index (χ3n) is 5.58. The molecule has 3 aromatic rings. The van der Waals surface area contributed by atoms with Crippen LogP contribution in [0.3, 0.4) is 0 Å². The third kappa shape index (κ3) is 5.48. The fraction of sp³-hybridized carbons (Fsp3) is 0.148. The zero-order valence-electron chi connectivity index (χ0n) is 20.0. The van der Waals surface area contributed by atoms with Gasteiger partial charge in [-0.1, -0.05) is 12.1 Å². The molecule has 10 nitrogen and oxygen atoms in total. The highest BCUT2D eigenvalue weighted by molar-refractivity contribution is 6.23. The Kier molecular flexibility index (Phi) is 7.28. The van der Waals surface area contributed by atoms with Crippen LogP contribution in [0.5, 0.6) is 5.75 Å². The Bertz CT molecular complexity index is 1330. The summed E-state index contributed by atoms with van der Waals surface area (Å²) < 4.78 is 9.66. The maximum atomic E-state index is 12.8. The lowest BCUT2D eigenvalue weighted by molar-refractivity contribution is -0.119. The van der Waals surface area contributed by atoms with E-state index in [2.05, 4.69) is 10.6 Å². The van der Waals surface area contributed by atoms with E-state index < -0.39 is 35.8 Å². The first-order valence-electron chi connectivity index (χ1n) is 11.4. The molecule has 188 valence electrons. The largest absolute Gasteiger partial charge is 0.513 e. The van der Waals surface area contributed by atoms with Crippen LogP contribution in [0.1, 0.15) is 44.9 Å². The van der Waals surface area contributed by atoms with Gasteiger partial charge in [-0.2, -0.15) is 0 Å². The number of benzene rings is 3. The van der Waals surface area contributed by atoms with Gasteiger partial charge in [-0.3, -0.25) is 24.1 Å². The number of hydrogen-bond donors (Lipinski definition) is 2. The molecule has 3 aromatic carbocycles. The van der Waals surface area contributed by atoms with Crippen molar-refractivity contribution in [1.29, 1.82) is 0 Å². The van der Waals surface area contributed by atoms with Crippen molar-refractivity contribution in [2.45, 2.75) is 19.9 Å². The SMILES string of the molecule is CCOC(=O)Oc1ccc(C(=O)Nc2ccc(NC(=O)C(C)N3C(=O)c4ccccc4C3=O)cc2)cc1. The molecule has 0 fully saturated rings.